The van der Waals surface area contributed by atoms with E-state index in [9.17, 15) is 9.59 Å². The number of carbonyl (C=O) groups is 2. The van der Waals surface area contributed by atoms with Gasteiger partial charge in [0.05, 0.1) is 24.8 Å². The molecule has 0 saturated carbocycles. The highest BCUT2D eigenvalue weighted by Gasteiger charge is 2.27. The highest BCUT2D eigenvalue weighted by molar-refractivity contribution is 6.00. The fourth-order valence-corrected chi connectivity index (χ4v) is 2.63. The molecule has 0 unspecified atom stereocenters. The quantitative estimate of drug-likeness (QED) is 0.540. The van der Waals surface area contributed by atoms with Crippen LogP contribution in [0.3, 0.4) is 0 Å². The van der Waals surface area contributed by atoms with E-state index in [1.54, 1.807) is 24.3 Å². The number of anilines is 1. The van der Waals surface area contributed by atoms with Crippen LogP contribution in [0.5, 0.6) is 5.88 Å². The SMILES string of the molecule is C[C@@H](ONC(=O)c1c(N)nc(-c2cccc(C#N)c2)nc1O[C@H]1CCOC1)C(N)=O. The summed E-state index contributed by atoms with van der Waals surface area (Å²) in [6.07, 6.45) is -0.773. The average Bonchev–Trinajstić information content (AvgIpc) is 3.24. The Labute approximate surface area is 171 Å². The molecule has 1 aromatic heterocycles. The molecular weight excluding hydrogens is 392 g/mol. The van der Waals surface area contributed by atoms with Crippen LogP contribution >= 0.6 is 0 Å². The second kappa shape index (κ2) is 9.17. The van der Waals surface area contributed by atoms with Gasteiger partial charge in [0.25, 0.3) is 5.91 Å². The molecule has 0 aliphatic carbocycles. The summed E-state index contributed by atoms with van der Waals surface area (Å²) < 4.78 is 11.2. The normalized spacial score (nSPS) is 16.5. The molecule has 5 N–H and O–H groups in total. The number of ether oxygens (including phenoxy) is 2. The summed E-state index contributed by atoms with van der Waals surface area (Å²) in [7, 11) is 0. The van der Waals surface area contributed by atoms with Crippen molar-refractivity contribution in [3.8, 4) is 23.3 Å². The molecular formula is C19H20N6O5. The predicted molar refractivity (Wildman–Crippen MR) is 104 cm³/mol. The minimum Gasteiger partial charge on any atom is -0.471 e. The Morgan fingerprint density at radius 2 is 2.20 bits per heavy atom. The second-order valence-corrected chi connectivity index (χ2v) is 6.50. The first-order chi connectivity index (χ1) is 14.4. The molecule has 1 saturated heterocycles. The molecule has 3 rings (SSSR count). The summed E-state index contributed by atoms with van der Waals surface area (Å²) in [5.41, 5.74) is 14.0. The Bertz CT molecular complexity index is 999. The number of hydrogen-bond acceptors (Lipinski definition) is 9. The molecule has 30 heavy (non-hydrogen) atoms. The van der Waals surface area contributed by atoms with Crippen LogP contribution in [-0.2, 0) is 14.4 Å². The van der Waals surface area contributed by atoms with Crippen LogP contribution in [0.15, 0.2) is 24.3 Å². The van der Waals surface area contributed by atoms with Crippen molar-refractivity contribution in [2.75, 3.05) is 18.9 Å². The molecule has 2 amide bonds. The van der Waals surface area contributed by atoms with E-state index in [1.165, 1.54) is 6.92 Å². The summed E-state index contributed by atoms with van der Waals surface area (Å²) in [5.74, 6) is -1.60. The van der Waals surface area contributed by atoms with Gasteiger partial charge in [0, 0.05) is 12.0 Å². The van der Waals surface area contributed by atoms with Gasteiger partial charge in [0.15, 0.2) is 11.9 Å². The van der Waals surface area contributed by atoms with Crippen LogP contribution in [0, 0.1) is 11.3 Å². The zero-order valence-electron chi connectivity index (χ0n) is 16.1. The van der Waals surface area contributed by atoms with Crippen LogP contribution in [0.2, 0.25) is 0 Å². The highest BCUT2D eigenvalue weighted by Crippen LogP contribution is 2.28. The second-order valence-electron chi connectivity index (χ2n) is 6.50. The van der Waals surface area contributed by atoms with Crippen LogP contribution < -0.4 is 21.7 Å². The number of benzene rings is 1. The van der Waals surface area contributed by atoms with Crippen molar-refractivity contribution in [1.29, 1.82) is 5.26 Å². The number of amides is 2. The molecule has 156 valence electrons. The van der Waals surface area contributed by atoms with E-state index >= 15 is 0 Å². The maximum atomic E-state index is 12.6. The Kier molecular flexibility index (Phi) is 6.41. The van der Waals surface area contributed by atoms with Crippen molar-refractivity contribution in [1.82, 2.24) is 15.4 Å². The zero-order valence-corrected chi connectivity index (χ0v) is 16.1. The Hall–Kier alpha value is -3.75. The van der Waals surface area contributed by atoms with Crippen molar-refractivity contribution in [2.45, 2.75) is 25.6 Å². The zero-order chi connectivity index (χ0) is 21.7. The topological polar surface area (TPSA) is 175 Å². The van der Waals surface area contributed by atoms with E-state index in [0.717, 1.165) is 0 Å². The summed E-state index contributed by atoms with van der Waals surface area (Å²) >= 11 is 0. The van der Waals surface area contributed by atoms with Gasteiger partial charge in [-0.1, -0.05) is 12.1 Å². The number of nitrogens with two attached hydrogens (primary N) is 2. The third-order valence-electron chi connectivity index (χ3n) is 4.28. The molecule has 0 radical (unpaired) electrons. The number of nitrogens with one attached hydrogen (secondary N) is 1. The molecule has 2 atom stereocenters. The van der Waals surface area contributed by atoms with Gasteiger partial charge in [-0.25, -0.2) is 10.5 Å². The first kappa shape index (κ1) is 21.0. The van der Waals surface area contributed by atoms with E-state index in [1.807, 2.05) is 6.07 Å². The van der Waals surface area contributed by atoms with E-state index in [0.29, 0.717) is 30.8 Å². The van der Waals surface area contributed by atoms with Crippen molar-refractivity contribution >= 4 is 17.6 Å². The number of primary amides is 1. The molecule has 2 aromatic rings. The van der Waals surface area contributed by atoms with Gasteiger partial charge in [-0.05, 0) is 19.1 Å². The fourth-order valence-electron chi connectivity index (χ4n) is 2.63. The minimum absolute atomic E-state index is 0.0665. The van der Waals surface area contributed by atoms with Crippen LogP contribution in [0.4, 0.5) is 5.82 Å². The monoisotopic (exact) mass is 412 g/mol. The van der Waals surface area contributed by atoms with E-state index in [2.05, 4.69) is 15.4 Å². The molecule has 0 spiro atoms. The van der Waals surface area contributed by atoms with Gasteiger partial charge < -0.3 is 20.9 Å². The third kappa shape index (κ3) is 4.80. The smallest absolute Gasteiger partial charge is 0.284 e. The number of nitriles is 1. The average molecular weight is 412 g/mol. The van der Waals surface area contributed by atoms with Crippen molar-refractivity contribution < 1.29 is 23.9 Å². The lowest BCUT2D eigenvalue weighted by molar-refractivity contribution is -0.131. The number of hydroxylamine groups is 1. The van der Waals surface area contributed by atoms with Crippen molar-refractivity contribution in [3.63, 3.8) is 0 Å². The van der Waals surface area contributed by atoms with Crippen LogP contribution in [-0.4, -0.2) is 47.2 Å². The van der Waals surface area contributed by atoms with Gasteiger partial charge in [-0.15, -0.1) is 0 Å². The van der Waals surface area contributed by atoms with E-state index in [4.69, 9.17) is 31.0 Å². The number of carbonyl (C=O) groups excluding carboxylic acids is 2. The highest BCUT2D eigenvalue weighted by atomic mass is 16.7. The number of nitrogens with zero attached hydrogens (tertiary/aromatic N) is 3. The Morgan fingerprint density at radius 1 is 1.40 bits per heavy atom. The number of hydrogen-bond donors (Lipinski definition) is 3. The number of aromatic nitrogens is 2. The first-order valence-electron chi connectivity index (χ1n) is 9.06. The lowest BCUT2D eigenvalue weighted by Gasteiger charge is -2.17. The van der Waals surface area contributed by atoms with Gasteiger partial charge in [0.1, 0.15) is 17.5 Å². The van der Waals surface area contributed by atoms with Gasteiger partial charge in [-0.3, -0.25) is 14.4 Å². The molecule has 11 nitrogen and oxygen atoms in total. The van der Waals surface area contributed by atoms with Gasteiger partial charge in [0.2, 0.25) is 11.8 Å². The molecule has 1 aliphatic rings. The van der Waals surface area contributed by atoms with Crippen LogP contribution in [0.1, 0.15) is 29.3 Å². The fraction of sp³-hybridized carbons (Fsp3) is 0.316. The van der Waals surface area contributed by atoms with Crippen LogP contribution in [0.25, 0.3) is 11.4 Å². The molecule has 11 heteroatoms. The molecule has 2 heterocycles. The van der Waals surface area contributed by atoms with Gasteiger partial charge >= 0.3 is 0 Å². The number of rotatable bonds is 7. The van der Waals surface area contributed by atoms with Gasteiger partial charge in [-0.2, -0.15) is 10.2 Å². The summed E-state index contributed by atoms with van der Waals surface area (Å²) in [4.78, 5) is 37.2. The third-order valence-corrected chi connectivity index (χ3v) is 4.28. The Balaban J connectivity index is 1.96. The minimum atomic E-state index is -1.06. The summed E-state index contributed by atoms with van der Waals surface area (Å²) in [6, 6.07) is 8.65. The molecule has 1 aliphatic heterocycles. The largest absolute Gasteiger partial charge is 0.471 e. The lowest BCUT2D eigenvalue weighted by Crippen LogP contribution is -2.36. The summed E-state index contributed by atoms with van der Waals surface area (Å²) in [5, 5.41) is 9.11. The molecule has 0 bridgehead atoms. The van der Waals surface area contributed by atoms with Crippen molar-refractivity contribution in [3.05, 3.63) is 35.4 Å². The number of nitrogen functional groups attached to an aromatic ring is 1. The van der Waals surface area contributed by atoms with Crippen molar-refractivity contribution in [2.24, 2.45) is 5.73 Å². The maximum Gasteiger partial charge on any atom is 0.284 e. The predicted octanol–water partition coefficient (Wildman–Crippen LogP) is 0.300. The first-order valence-corrected chi connectivity index (χ1v) is 9.06. The molecule has 1 aromatic carbocycles. The Morgan fingerprint density at radius 3 is 2.87 bits per heavy atom. The van der Waals surface area contributed by atoms with E-state index in [-0.39, 0.29) is 29.2 Å². The summed E-state index contributed by atoms with van der Waals surface area (Å²) in [6.45, 7) is 2.23. The maximum absolute atomic E-state index is 12.6. The molecule has 1 fully saturated rings. The van der Waals surface area contributed by atoms with E-state index < -0.39 is 17.9 Å². The lowest BCUT2D eigenvalue weighted by atomic mass is 10.1. The standard InChI is InChI=1S/C19H20N6O5/c1-10(16(22)26)30-25-18(27)14-15(21)23-17(12-4-2-3-11(7-12)8-20)24-19(14)29-13-5-6-28-9-13/h2-4,7,10,13H,5-6,9H2,1H3,(H2,22,26)(H,25,27)(H2,21,23,24)/t10-,13+/m1/s1.